The first-order valence-electron chi connectivity index (χ1n) is 4.63. The summed E-state index contributed by atoms with van der Waals surface area (Å²) in [4.78, 5) is 11.1. The maximum absolute atomic E-state index is 11.7. The molecule has 0 aromatic heterocycles. The third kappa shape index (κ3) is 1.64. The number of rotatable bonds is 3. The second-order valence-corrected chi connectivity index (χ2v) is 6.04. The molecule has 0 radical (unpaired) electrons. The van der Waals surface area contributed by atoms with Gasteiger partial charge in [0.15, 0.2) is 14.6 Å². The third-order valence-corrected chi connectivity index (χ3v) is 5.31. The number of aliphatic carboxylic acids is 1. The van der Waals surface area contributed by atoms with E-state index in [1.165, 1.54) is 6.92 Å². The van der Waals surface area contributed by atoms with E-state index in [-0.39, 0.29) is 18.6 Å². The molecule has 0 bridgehead atoms. The van der Waals surface area contributed by atoms with Crippen LogP contribution in [-0.4, -0.2) is 43.1 Å². The molecule has 0 saturated carbocycles. The minimum Gasteiger partial charge on any atom is -0.480 e. The molecule has 0 aromatic carbocycles. The molecular formula is C8H15NO4S. The normalized spacial score (nSPS) is 21.8. The molecule has 1 saturated heterocycles. The molecule has 0 amide bonds. The molecule has 0 unspecified atom stereocenters. The summed E-state index contributed by atoms with van der Waals surface area (Å²) in [5.41, 5.74) is 0. The molecule has 1 fully saturated rings. The van der Waals surface area contributed by atoms with Gasteiger partial charge in [-0.2, -0.15) is 0 Å². The van der Waals surface area contributed by atoms with E-state index < -0.39 is 20.6 Å². The van der Waals surface area contributed by atoms with Crippen LogP contribution in [0.15, 0.2) is 0 Å². The molecule has 82 valence electrons. The van der Waals surface area contributed by atoms with Crippen molar-refractivity contribution in [2.45, 2.75) is 24.5 Å². The van der Waals surface area contributed by atoms with E-state index in [0.717, 1.165) is 0 Å². The zero-order chi connectivity index (χ0) is 10.8. The van der Waals surface area contributed by atoms with Crippen molar-refractivity contribution in [3.63, 3.8) is 0 Å². The number of nitrogens with one attached hydrogen (secondary N) is 1. The Morgan fingerprint density at radius 3 is 2.29 bits per heavy atom. The fraction of sp³-hybridized carbons (Fsp3) is 0.875. The van der Waals surface area contributed by atoms with Crippen LogP contribution in [0.2, 0.25) is 0 Å². The van der Waals surface area contributed by atoms with Gasteiger partial charge in [-0.3, -0.25) is 4.79 Å². The predicted octanol–water partition coefficient (Wildman–Crippen LogP) is -0.372. The lowest BCUT2D eigenvalue weighted by atomic mass is 9.97. The Kier molecular flexibility index (Phi) is 3.16. The van der Waals surface area contributed by atoms with Gasteiger partial charge in [-0.25, -0.2) is 8.42 Å². The fourth-order valence-electron chi connectivity index (χ4n) is 1.76. The van der Waals surface area contributed by atoms with Crippen molar-refractivity contribution < 1.29 is 18.3 Å². The second kappa shape index (κ2) is 3.86. The lowest BCUT2D eigenvalue weighted by Gasteiger charge is -2.32. The van der Waals surface area contributed by atoms with Crippen molar-refractivity contribution >= 4 is 15.8 Å². The van der Waals surface area contributed by atoms with Gasteiger partial charge in [-0.15, -0.1) is 0 Å². The van der Waals surface area contributed by atoms with Gasteiger partial charge in [0.25, 0.3) is 0 Å². The molecule has 0 atom stereocenters. The van der Waals surface area contributed by atoms with Gasteiger partial charge >= 0.3 is 5.97 Å². The second-order valence-electron chi connectivity index (χ2n) is 3.45. The Hall–Kier alpha value is -0.620. The lowest BCUT2D eigenvalue weighted by molar-refractivity contribution is -0.140. The zero-order valence-electron chi connectivity index (χ0n) is 8.12. The first kappa shape index (κ1) is 11.5. The zero-order valence-corrected chi connectivity index (χ0v) is 8.93. The molecule has 0 spiro atoms. The minimum absolute atomic E-state index is 0.112. The van der Waals surface area contributed by atoms with Crippen LogP contribution in [0.25, 0.3) is 0 Å². The van der Waals surface area contributed by atoms with Crippen LogP contribution in [0.4, 0.5) is 0 Å². The highest BCUT2D eigenvalue weighted by Gasteiger charge is 2.50. The van der Waals surface area contributed by atoms with E-state index in [0.29, 0.717) is 13.1 Å². The molecule has 14 heavy (non-hydrogen) atoms. The summed E-state index contributed by atoms with van der Waals surface area (Å²) in [7, 11) is -3.52. The van der Waals surface area contributed by atoms with E-state index in [1.807, 2.05) is 0 Å². The summed E-state index contributed by atoms with van der Waals surface area (Å²) in [5, 5.41) is 12.0. The van der Waals surface area contributed by atoms with Crippen LogP contribution < -0.4 is 5.32 Å². The van der Waals surface area contributed by atoms with Gasteiger partial charge < -0.3 is 10.4 Å². The number of hydrogen-bond donors (Lipinski definition) is 2. The number of carbonyl (C=O) groups is 1. The van der Waals surface area contributed by atoms with E-state index in [9.17, 15) is 13.2 Å². The summed E-state index contributed by atoms with van der Waals surface area (Å²) in [6, 6.07) is 0. The van der Waals surface area contributed by atoms with Crippen LogP contribution >= 0.6 is 0 Å². The predicted molar refractivity (Wildman–Crippen MR) is 51.9 cm³/mol. The number of sulfone groups is 1. The molecule has 1 aliphatic heterocycles. The average molecular weight is 221 g/mol. The lowest BCUT2D eigenvalue weighted by Crippen LogP contribution is -2.53. The Morgan fingerprint density at radius 1 is 1.43 bits per heavy atom. The van der Waals surface area contributed by atoms with Gasteiger partial charge in [-0.1, -0.05) is 6.92 Å². The highest BCUT2D eigenvalue weighted by molar-refractivity contribution is 7.93. The van der Waals surface area contributed by atoms with Crippen LogP contribution in [0.3, 0.4) is 0 Å². The summed E-state index contributed by atoms with van der Waals surface area (Å²) in [6.07, 6.45) is 0.330. The van der Waals surface area contributed by atoms with Crippen LogP contribution in [0.5, 0.6) is 0 Å². The largest absolute Gasteiger partial charge is 0.480 e. The number of carboxylic acids is 1. The van der Waals surface area contributed by atoms with E-state index >= 15 is 0 Å². The first-order valence-corrected chi connectivity index (χ1v) is 6.28. The van der Waals surface area contributed by atoms with Crippen LogP contribution in [-0.2, 0) is 14.6 Å². The SMILES string of the molecule is CCS(=O)(=O)C1(C(=O)O)CCNCC1. The van der Waals surface area contributed by atoms with Gasteiger partial charge in [-0.05, 0) is 25.9 Å². The van der Waals surface area contributed by atoms with E-state index in [1.54, 1.807) is 0 Å². The van der Waals surface area contributed by atoms with Crippen molar-refractivity contribution in [3.05, 3.63) is 0 Å². The summed E-state index contributed by atoms with van der Waals surface area (Å²) in [5.74, 6) is -1.32. The van der Waals surface area contributed by atoms with Gasteiger partial charge in [0.05, 0.1) is 0 Å². The average Bonchev–Trinajstić information content (AvgIpc) is 2.18. The highest BCUT2D eigenvalue weighted by atomic mass is 32.2. The first-order chi connectivity index (χ1) is 6.46. The quantitative estimate of drug-likeness (QED) is 0.679. The van der Waals surface area contributed by atoms with Crippen molar-refractivity contribution in [2.24, 2.45) is 0 Å². The van der Waals surface area contributed by atoms with E-state index in [4.69, 9.17) is 5.11 Å². The van der Waals surface area contributed by atoms with Crippen molar-refractivity contribution in [1.82, 2.24) is 5.32 Å². The standard InChI is InChI=1S/C8H15NO4S/c1-2-14(12,13)8(7(10)11)3-5-9-6-4-8/h9H,2-6H2,1H3,(H,10,11). The summed E-state index contributed by atoms with van der Waals surface area (Å²) < 4.78 is 21.9. The van der Waals surface area contributed by atoms with Crippen molar-refractivity contribution in [2.75, 3.05) is 18.8 Å². The monoisotopic (exact) mass is 221 g/mol. The smallest absolute Gasteiger partial charge is 0.325 e. The van der Waals surface area contributed by atoms with Crippen LogP contribution in [0.1, 0.15) is 19.8 Å². The molecule has 2 N–H and O–H groups in total. The molecule has 1 aliphatic rings. The third-order valence-electron chi connectivity index (χ3n) is 2.78. The number of piperidine rings is 1. The Bertz CT molecular complexity index is 316. The molecule has 1 rings (SSSR count). The van der Waals surface area contributed by atoms with Crippen molar-refractivity contribution in [1.29, 1.82) is 0 Å². The minimum atomic E-state index is -3.52. The molecule has 0 aliphatic carbocycles. The van der Waals surface area contributed by atoms with Crippen molar-refractivity contribution in [3.8, 4) is 0 Å². The van der Waals surface area contributed by atoms with E-state index in [2.05, 4.69) is 5.32 Å². The number of carboxylic acid groups (broad SMARTS) is 1. The molecule has 0 aromatic rings. The molecule has 5 nitrogen and oxygen atoms in total. The van der Waals surface area contributed by atoms with Gasteiger partial charge in [0.1, 0.15) is 0 Å². The highest BCUT2D eigenvalue weighted by Crippen LogP contribution is 2.29. The topological polar surface area (TPSA) is 83.5 Å². The summed E-state index contributed by atoms with van der Waals surface area (Å²) >= 11 is 0. The number of hydrogen-bond acceptors (Lipinski definition) is 4. The fourth-order valence-corrected chi connectivity index (χ4v) is 3.41. The maximum Gasteiger partial charge on any atom is 0.325 e. The molecule has 6 heteroatoms. The molecule has 1 heterocycles. The Balaban J connectivity index is 3.10. The van der Waals surface area contributed by atoms with Gasteiger partial charge in [0, 0.05) is 5.75 Å². The Labute approximate surface area is 83.4 Å². The Morgan fingerprint density at radius 2 is 1.93 bits per heavy atom. The van der Waals surface area contributed by atoms with Gasteiger partial charge in [0.2, 0.25) is 0 Å². The van der Waals surface area contributed by atoms with Crippen LogP contribution in [0, 0.1) is 0 Å². The molecular weight excluding hydrogens is 206 g/mol. The summed E-state index contributed by atoms with van der Waals surface area (Å²) in [6.45, 7) is 2.39. The maximum atomic E-state index is 11.7.